The molecule has 0 saturated heterocycles. The van der Waals surface area contributed by atoms with Crippen LogP contribution < -0.4 is 16.0 Å². The first kappa shape index (κ1) is 26.4. The lowest BCUT2D eigenvalue weighted by molar-refractivity contribution is -0.121. The highest BCUT2D eigenvalue weighted by atomic mass is 127. The molecule has 27 heavy (non-hydrogen) atoms. The van der Waals surface area contributed by atoms with Crippen molar-refractivity contribution in [2.45, 2.75) is 90.7 Å². The summed E-state index contributed by atoms with van der Waals surface area (Å²) in [6.45, 7) is 10.6. The molecule has 0 atom stereocenters. The van der Waals surface area contributed by atoms with Crippen LogP contribution in [-0.2, 0) is 9.53 Å². The number of halogens is 1. The number of nitrogens with one attached hydrogen (secondary N) is 3. The van der Waals surface area contributed by atoms with E-state index in [4.69, 9.17) is 4.74 Å². The minimum Gasteiger partial charge on any atom is -0.378 e. The van der Waals surface area contributed by atoms with E-state index in [1.807, 2.05) is 27.7 Å². The van der Waals surface area contributed by atoms with Crippen molar-refractivity contribution in [3.63, 3.8) is 0 Å². The molecule has 0 aromatic rings. The van der Waals surface area contributed by atoms with Gasteiger partial charge in [-0.15, -0.1) is 24.0 Å². The van der Waals surface area contributed by atoms with Gasteiger partial charge in [0.25, 0.3) is 0 Å². The molecule has 0 aromatic carbocycles. The summed E-state index contributed by atoms with van der Waals surface area (Å²) in [6, 6.07) is 0. The van der Waals surface area contributed by atoms with Crippen molar-refractivity contribution in [1.29, 1.82) is 0 Å². The lowest BCUT2D eigenvalue weighted by Gasteiger charge is -2.21. The zero-order valence-electron chi connectivity index (χ0n) is 17.7. The van der Waals surface area contributed by atoms with Gasteiger partial charge in [-0.1, -0.05) is 19.3 Å². The van der Waals surface area contributed by atoms with Crippen LogP contribution >= 0.6 is 24.0 Å². The van der Waals surface area contributed by atoms with E-state index in [9.17, 15) is 4.79 Å². The molecule has 0 heterocycles. The zero-order valence-corrected chi connectivity index (χ0v) is 20.1. The van der Waals surface area contributed by atoms with E-state index in [1.165, 1.54) is 32.1 Å². The third-order valence-corrected chi connectivity index (χ3v) is 4.26. The third kappa shape index (κ3) is 15.1. The molecule has 3 N–H and O–H groups in total. The Kier molecular flexibility index (Phi) is 15.0. The van der Waals surface area contributed by atoms with E-state index >= 15 is 0 Å². The molecule has 0 spiro atoms. The number of carbonyl (C=O) groups excluding carboxylic acids is 1. The van der Waals surface area contributed by atoms with Crippen molar-refractivity contribution < 1.29 is 9.53 Å². The highest BCUT2D eigenvalue weighted by Gasteiger charge is 2.14. The third-order valence-electron chi connectivity index (χ3n) is 4.26. The molecule has 1 rings (SSSR count). The second-order valence-electron chi connectivity index (χ2n) is 8.11. The SMILES string of the molecule is CCNC(=NCC(=O)NC(C)(C)C)NCCCCCOC1CCCCC1.I. The summed E-state index contributed by atoms with van der Waals surface area (Å²) in [6.07, 6.45) is 10.4. The van der Waals surface area contributed by atoms with Gasteiger partial charge in [0.1, 0.15) is 6.54 Å². The Morgan fingerprint density at radius 1 is 1.07 bits per heavy atom. The molecule has 1 fully saturated rings. The van der Waals surface area contributed by atoms with Crippen LogP contribution in [0.4, 0.5) is 0 Å². The van der Waals surface area contributed by atoms with E-state index in [2.05, 4.69) is 20.9 Å². The Balaban J connectivity index is 0.00000676. The maximum absolute atomic E-state index is 11.9. The maximum Gasteiger partial charge on any atom is 0.242 e. The zero-order chi connectivity index (χ0) is 19.3. The standard InChI is InChI=1S/C20H40N4O2.HI/c1-5-21-19(23-16-18(25)24-20(2,3)4)22-14-10-7-11-15-26-17-12-8-6-9-13-17;/h17H,5-16H2,1-4H3,(H,24,25)(H2,21,22,23);1H. The number of carbonyl (C=O) groups is 1. The molecular weight excluding hydrogens is 455 g/mol. The molecule has 6 nitrogen and oxygen atoms in total. The first-order chi connectivity index (χ1) is 12.4. The summed E-state index contributed by atoms with van der Waals surface area (Å²) >= 11 is 0. The van der Waals surface area contributed by atoms with E-state index in [-0.39, 0.29) is 42.0 Å². The van der Waals surface area contributed by atoms with Crippen molar-refractivity contribution in [1.82, 2.24) is 16.0 Å². The van der Waals surface area contributed by atoms with Crippen molar-refractivity contribution >= 4 is 35.8 Å². The van der Waals surface area contributed by atoms with Gasteiger partial charge in [-0.3, -0.25) is 4.79 Å². The van der Waals surface area contributed by atoms with Gasteiger partial charge >= 0.3 is 0 Å². The normalized spacial score (nSPS) is 15.8. The van der Waals surface area contributed by atoms with E-state index < -0.39 is 0 Å². The van der Waals surface area contributed by atoms with Gasteiger partial charge in [0.05, 0.1) is 6.10 Å². The number of hydrogen-bond acceptors (Lipinski definition) is 3. The summed E-state index contributed by atoms with van der Waals surface area (Å²) < 4.78 is 5.95. The van der Waals surface area contributed by atoms with Crippen LogP contribution in [0.25, 0.3) is 0 Å². The summed E-state index contributed by atoms with van der Waals surface area (Å²) in [5, 5.41) is 9.40. The van der Waals surface area contributed by atoms with Gasteiger partial charge in [0.2, 0.25) is 5.91 Å². The van der Waals surface area contributed by atoms with E-state index in [0.717, 1.165) is 39.0 Å². The van der Waals surface area contributed by atoms with E-state index in [0.29, 0.717) is 12.1 Å². The Bertz CT molecular complexity index is 419. The fourth-order valence-corrected chi connectivity index (χ4v) is 3.04. The summed E-state index contributed by atoms with van der Waals surface area (Å²) in [5.41, 5.74) is -0.224. The molecule has 0 aliphatic heterocycles. The molecule has 0 radical (unpaired) electrons. The molecule has 1 aliphatic rings. The highest BCUT2D eigenvalue weighted by Crippen LogP contribution is 2.20. The summed E-state index contributed by atoms with van der Waals surface area (Å²) in [5.74, 6) is 0.643. The van der Waals surface area contributed by atoms with Crippen LogP contribution in [0, 0.1) is 0 Å². The Hall–Kier alpha value is -0.570. The lowest BCUT2D eigenvalue weighted by atomic mass is 9.98. The molecule has 7 heteroatoms. The average Bonchev–Trinajstić information content (AvgIpc) is 2.58. The Labute approximate surface area is 183 Å². The smallest absolute Gasteiger partial charge is 0.242 e. The topological polar surface area (TPSA) is 74.8 Å². The number of hydrogen-bond donors (Lipinski definition) is 3. The fourth-order valence-electron chi connectivity index (χ4n) is 3.04. The number of amides is 1. The number of guanidine groups is 1. The largest absolute Gasteiger partial charge is 0.378 e. The molecular formula is C20H41IN4O2. The van der Waals surface area contributed by atoms with Crippen molar-refractivity contribution in [3.05, 3.63) is 0 Å². The minimum atomic E-state index is -0.224. The monoisotopic (exact) mass is 496 g/mol. The van der Waals surface area contributed by atoms with Gasteiger partial charge in [-0.05, 0) is 59.8 Å². The first-order valence-electron chi connectivity index (χ1n) is 10.4. The van der Waals surface area contributed by atoms with Gasteiger partial charge in [0, 0.05) is 25.2 Å². The number of rotatable bonds is 10. The number of nitrogens with zero attached hydrogens (tertiary/aromatic N) is 1. The van der Waals surface area contributed by atoms with Gasteiger partial charge in [-0.25, -0.2) is 4.99 Å². The first-order valence-corrected chi connectivity index (χ1v) is 10.4. The second-order valence-corrected chi connectivity index (χ2v) is 8.11. The number of unbranched alkanes of at least 4 members (excludes halogenated alkanes) is 2. The molecule has 0 aromatic heterocycles. The summed E-state index contributed by atoms with van der Waals surface area (Å²) in [4.78, 5) is 16.2. The molecule has 1 amide bonds. The molecule has 1 aliphatic carbocycles. The van der Waals surface area contributed by atoms with Crippen molar-refractivity contribution in [2.75, 3.05) is 26.2 Å². The van der Waals surface area contributed by atoms with Crippen LogP contribution in [0.3, 0.4) is 0 Å². The average molecular weight is 496 g/mol. The van der Waals surface area contributed by atoms with Gasteiger partial charge in [0.15, 0.2) is 5.96 Å². The molecule has 0 bridgehead atoms. The van der Waals surface area contributed by atoms with Crippen molar-refractivity contribution in [2.24, 2.45) is 4.99 Å². The van der Waals surface area contributed by atoms with Crippen molar-refractivity contribution in [3.8, 4) is 0 Å². The van der Waals surface area contributed by atoms with Crippen LogP contribution in [0.5, 0.6) is 0 Å². The number of aliphatic imine (C=N–C) groups is 1. The maximum atomic E-state index is 11.9. The quantitative estimate of drug-likeness (QED) is 0.187. The highest BCUT2D eigenvalue weighted by molar-refractivity contribution is 14.0. The Morgan fingerprint density at radius 3 is 2.41 bits per heavy atom. The Morgan fingerprint density at radius 2 is 1.78 bits per heavy atom. The van der Waals surface area contributed by atoms with Gasteiger partial charge in [-0.2, -0.15) is 0 Å². The number of ether oxygens (including phenoxy) is 1. The molecule has 160 valence electrons. The second kappa shape index (κ2) is 15.4. The van der Waals surface area contributed by atoms with Crippen LogP contribution in [0.2, 0.25) is 0 Å². The predicted molar refractivity (Wildman–Crippen MR) is 124 cm³/mol. The predicted octanol–water partition coefficient (Wildman–Crippen LogP) is 3.59. The fraction of sp³-hybridized carbons (Fsp3) is 0.900. The molecule has 1 saturated carbocycles. The van der Waals surface area contributed by atoms with Crippen LogP contribution in [0.15, 0.2) is 4.99 Å². The van der Waals surface area contributed by atoms with Crippen LogP contribution in [0.1, 0.15) is 79.1 Å². The van der Waals surface area contributed by atoms with Gasteiger partial charge < -0.3 is 20.7 Å². The summed E-state index contributed by atoms with van der Waals surface area (Å²) in [7, 11) is 0. The minimum absolute atomic E-state index is 0. The molecule has 0 unspecified atom stereocenters. The van der Waals surface area contributed by atoms with Crippen LogP contribution in [-0.4, -0.2) is 49.8 Å². The lowest BCUT2D eigenvalue weighted by Crippen LogP contribution is -2.43. The van der Waals surface area contributed by atoms with E-state index in [1.54, 1.807) is 0 Å².